The number of aliphatic hydroxyl groups is 1. The Morgan fingerprint density at radius 2 is 2.00 bits per heavy atom. The number of rotatable bonds is 6. The Bertz CT molecular complexity index is 617. The second-order valence-electron chi connectivity index (χ2n) is 5.93. The highest BCUT2D eigenvalue weighted by Crippen LogP contribution is 2.18. The van der Waals surface area contributed by atoms with Gasteiger partial charge in [0.2, 0.25) is 0 Å². The molecule has 5 heteroatoms. The number of carbonyl (C=O) groups excluding carboxylic acids is 1. The van der Waals surface area contributed by atoms with Crippen LogP contribution >= 0.6 is 0 Å². The predicted molar refractivity (Wildman–Crippen MR) is 86.6 cm³/mol. The molecule has 0 aliphatic rings. The van der Waals surface area contributed by atoms with Crippen LogP contribution in [0.25, 0.3) is 11.3 Å². The van der Waals surface area contributed by atoms with Crippen LogP contribution < -0.4 is 5.32 Å². The van der Waals surface area contributed by atoms with Gasteiger partial charge < -0.3 is 10.4 Å². The average Bonchev–Trinajstić information content (AvgIpc) is 2.94. The van der Waals surface area contributed by atoms with Crippen molar-refractivity contribution in [2.45, 2.75) is 33.3 Å². The molecule has 1 amide bonds. The minimum atomic E-state index is -0.354. The second kappa shape index (κ2) is 7.22. The van der Waals surface area contributed by atoms with E-state index in [1.54, 1.807) is 13.0 Å². The van der Waals surface area contributed by atoms with Crippen molar-refractivity contribution in [1.29, 1.82) is 0 Å². The summed E-state index contributed by atoms with van der Waals surface area (Å²) in [4.78, 5) is 12.1. The molecule has 2 unspecified atom stereocenters. The van der Waals surface area contributed by atoms with E-state index in [0.717, 1.165) is 11.3 Å². The van der Waals surface area contributed by atoms with Crippen LogP contribution in [-0.4, -0.2) is 33.9 Å². The van der Waals surface area contributed by atoms with E-state index in [1.807, 2.05) is 38.1 Å². The van der Waals surface area contributed by atoms with Crippen LogP contribution in [0.2, 0.25) is 0 Å². The number of hydrogen-bond donors (Lipinski definition) is 3. The Morgan fingerprint density at radius 1 is 1.32 bits per heavy atom. The normalized spacial score (nSPS) is 13.6. The second-order valence-corrected chi connectivity index (χ2v) is 5.93. The van der Waals surface area contributed by atoms with Crippen molar-refractivity contribution in [3.63, 3.8) is 0 Å². The third kappa shape index (κ3) is 4.43. The molecule has 1 heterocycles. The molecule has 0 radical (unpaired) electrons. The number of hydrogen-bond acceptors (Lipinski definition) is 3. The van der Waals surface area contributed by atoms with Crippen molar-refractivity contribution in [1.82, 2.24) is 15.5 Å². The smallest absolute Gasteiger partial charge is 0.269 e. The van der Waals surface area contributed by atoms with Gasteiger partial charge in [-0.15, -0.1) is 0 Å². The van der Waals surface area contributed by atoms with Crippen LogP contribution in [0.4, 0.5) is 0 Å². The van der Waals surface area contributed by atoms with Gasteiger partial charge in [-0.2, -0.15) is 5.10 Å². The molecule has 0 bridgehead atoms. The van der Waals surface area contributed by atoms with Gasteiger partial charge in [0.05, 0.1) is 11.8 Å². The summed E-state index contributed by atoms with van der Waals surface area (Å²) in [6, 6.07) is 9.75. The van der Waals surface area contributed by atoms with Crippen molar-refractivity contribution in [3.8, 4) is 11.3 Å². The highest BCUT2D eigenvalue weighted by molar-refractivity contribution is 5.93. The Morgan fingerprint density at radius 3 is 2.64 bits per heavy atom. The van der Waals surface area contributed by atoms with E-state index < -0.39 is 0 Å². The highest BCUT2D eigenvalue weighted by atomic mass is 16.3. The zero-order chi connectivity index (χ0) is 16.1. The molecule has 118 valence electrons. The van der Waals surface area contributed by atoms with E-state index in [9.17, 15) is 9.90 Å². The summed E-state index contributed by atoms with van der Waals surface area (Å²) in [6.07, 6.45) is 0.310. The van der Waals surface area contributed by atoms with Crippen molar-refractivity contribution in [2.24, 2.45) is 5.92 Å². The first-order valence-electron chi connectivity index (χ1n) is 7.54. The van der Waals surface area contributed by atoms with Crippen LogP contribution in [0.15, 0.2) is 30.3 Å². The molecular weight excluding hydrogens is 278 g/mol. The maximum absolute atomic E-state index is 12.1. The van der Waals surface area contributed by atoms with Gasteiger partial charge >= 0.3 is 0 Å². The Balaban J connectivity index is 1.96. The molecule has 0 spiro atoms. The summed E-state index contributed by atoms with van der Waals surface area (Å²) in [5, 5.41) is 19.1. The zero-order valence-electron chi connectivity index (χ0n) is 13.3. The van der Waals surface area contributed by atoms with Gasteiger partial charge in [0.15, 0.2) is 0 Å². The van der Waals surface area contributed by atoms with E-state index in [0.29, 0.717) is 18.7 Å². The molecule has 1 aromatic carbocycles. The summed E-state index contributed by atoms with van der Waals surface area (Å²) in [7, 11) is 0. The van der Waals surface area contributed by atoms with Gasteiger partial charge in [0, 0.05) is 12.1 Å². The predicted octanol–water partition coefficient (Wildman–Crippen LogP) is 2.52. The Hall–Kier alpha value is -2.14. The van der Waals surface area contributed by atoms with Crippen molar-refractivity contribution in [2.75, 3.05) is 6.54 Å². The fourth-order valence-corrected chi connectivity index (χ4v) is 2.34. The lowest BCUT2D eigenvalue weighted by Gasteiger charge is -2.13. The minimum absolute atomic E-state index is 0.177. The molecule has 1 aromatic heterocycles. The molecule has 2 atom stereocenters. The summed E-state index contributed by atoms with van der Waals surface area (Å²) >= 11 is 0. The summed E-state index contributed by atoms with van der Waals surface area (Å²) in [5.74, 6) is 0.0479. The van der Waals surface area contributed by atoms with Crippen molar-refractivity contribution in [3.05, 3.63) is 41.6 Å². The van der Waals surface area contributed by atoms with E-state index >= 15 is 0 Å². The number of H-pyrrole nitrogens is 1. The van der Waals surface area contributed by atoms with Crippen LogP contribution in [0.1, 0.15) is 36.3 Å². The lowest BCUT2D eigenvalue weighted by atomic mass is 10.0. The molecule has 0 fully saturated rings. The topological polar surface area (TPSA) is 78.0 Å². The first-order chi connectivity index (χ1) is 10.5. The van der Waals surface area contributed by atoms with Crippen LogP contribution in [0.3, 0.4) is 0 Å². The number of aromatic nitrogens is 2. The van der Waals surface area contributed by atoms with Crippen LogP contribution in [0.5, 0.6) is 0 Å². The van der Waals surface area contributed by atoms with Crippen molar-refractivity contribution < 1.29 is 9.90 Å². The number of carbonyl (C=O) groups is 1. The number of aryl methyl sites for hydroxylation is 1. The lowest BCUT2D eigenvalue weighted by Crippen LogP contribution is -2.29. The summed E-state index contributed by atoms with van der Waals surface area (Å²) < 4.78 is 0. The Labute approximate surface area is 130 Å². The first-order valence-corrected chi connectivity index (χ1v) is 7.54. The fraction of sp³-hybridized carbons (Fsp3) is 0.412. The van der Waals surface area contributed by atoms with Gasteiger partial charge in [-0.05, 0) is 32.3 Å². The van der Waals surface area contributed by atoms with Gasteiger partial charge in [-0.1, -0.05) is 36.8 Å². The molecule has 0 saturated heterocycles. The van der Waals surface area contributed by atoms with E-state index in [-0.39, 0.29) is 17.9 Å². The molecule has 22 heavy (non-hydrogen) atoms. The van der Waals surface area contributed by atoms with Crippen molar-refractivity contribution >= 4 is 5.91 Å². The number of nitrogens with zero attached hydrogens (tertiary/aromatic N) is 1. The van der Waals surface area contributed by atoms with Crippen LogP contribution in [0, 0.1) is 12.8 Å². The van der Waals surface area contributed by atoms with Gasteiger partial charge in [-0.25, -0.2) is 0 Å². The molecule has 0 aliphatic carbocycles. The van der Waals surface area contributed by atoms with Gasteiger partial charge in [0.1, 0.15) is 5.69 Å². The maximum Gasteiger partial charge on any atom is 0.269 e. The molecule has 5 nitrogen and oxygen atoms in total. The molecule has 2 aromatic rings. The number of aromatic amines is 1. The van der Waals surface area contributed by atoms with E-state index in [1.165, 1.54) is 5.56 Å². The lowest BCUT2D eigenvalue weighted by molar-refractivity contribution is 0.0934. The number of amides is 1. The number of aliphatic hydroxyl groups excluding tert-OH is 1. The standard InChI is InChI=1S/C17H23N3O2/c1-11-4-6-14(7-5-11)15-9-16(20-19-15)17(22)18-10-12(2)8-13(3)21/h4-7,9,12-13,21H,8,10H2,1-3H3,(H,18,22)(H,19,20). The molecule has 3 N–H and O–H groups in total. The summed E-state index contributed by atoms with van der Waals surface area (Å²) in [5.41, 5.74) is 3.36. The van der Waals surface area contributed by atoms with Gasteiger partial charge in [0.25, 0.3) is 5.91 Å². The number of benzene rings is 1. The fourth-order valence-electron chi connectivity index (χ4n) is 2.34. The van der Waals surface area contributed by atoms with Gasteiger partial charge in [-0.3, -0.25) is 9.89 Å². The molecule has 0 saturated carbocycles. The largest absolute Gasteiger partial charge is 0.393 e. The maximum atomic E-state index is 12.1. The number of nitrogens with one attached hydrogen (secondary N) is 2. The first kappa shape index (κ1) is 16.2. The molecular formula is C17H23N3O2. The SMILES string of the molecule is Cc1ccc(-c2cc(C(=O)NCC(C)CC(C)O)[nH]n2)cc1. The third-order valence-corrected chi connectivity index (χ3v) is 3.52. The van der Waals surface area contributed by atoms with Crippen LogP contribution in [-0.2, 0) is 0 Å². The molecule has 2 rings (SSSR count). The van der Waals surface area contributed by atoms with E-state index in [2.05, 4.69) is 15.5 Å². The third-order valence-electron chi connectivity index (χ3n) is 3.52. The quantitative estimate of drug-likeness (QED) is 0.767. The Kier molecular flexibility index (Phi) is 5.33. The van der Waals surface area contributed by atoms with E-state index in [4.69, 9.17) is 0 Å². The highest BCUT2D eigenvalue weighted by Gasteiger charge is 2.13. The zero-order valence-corrected chi connectivity index (χ0v) is 13.3. The average molecular weight is 301 g/mol. The molecule has 0 aliphatic heterocycles. The monoisotopic (exact) mass is 301 g/mol. The summed E-state index contributed by atoms with van der Waals surface area (Å²) in [6.45, 7) is 6.31. The minimum Gasteiger partial charge on any atom is -0.393 e.